The van der Waals surface area contributed by atoms with Crippen LogP contribution in [0.15, 0.2) is 0 Å². The van der Waals surface area contributed by atoms with Crippen molar-refractivity contribution in [2.24, 2.45) is 0 Å². The molecule has 1 N–H and O–H groups in total. The highest BCUT2D eigenvalue weighted by molar-refractivity contribution is 4.50. The van der Waals surface area contributed by atoms with Gasteiger partial charge >= 0.3 is 0 Å². The van der Waals surface area contributed by atoms with Crippen LogP contribution in [0.25, 0.3) is 0 Å². The van der Waals surface area contributed by atoms with Crippen LogP contribution in [0.3, 0.4) is 0 Å². The molecule has 0 atom stereocenters. The molecule has 0 aliphatic carbocycles. The van der Waals surface area contributed by atoms with Crippen LogP contribution in [0.1, 0.15) is 32.6 Å². The van der Waals surface area contributed by atoms with E-state index in [0.29, 0.717) is 0 Å². The van der Waals surface area contributed by atoms with Gasteiger partial charge in [0.25, 0.3) is 0 Å². The molecule has 0 spiro atoms. The van der Waals surface area contributed by atoms with E-state index >= 15 is 0 Å². The Hall–Kier alpha value is -0.0800. The van der Waals surface area contributed by atoms with Crippen molar-refractivity contribution in [3.63, 3.8) is 0 Å². The fourth-order valence-corrected chi connectivity index (χ4v) is 1.09. The van der Waals surface area contributed by atoms with E-state index in [4.69, 9.17) is 5.11 Å². The lowest BCUT2D eigenvalue weighted by Gasteiger charge is -2.13. The van der Waals surface area contributed by atoms with E-state index in [1.807, 2.05) is 0 Å². The highest BCUT2D eigenvalue weighted by Crippen LogP contribution is 1.99. The lowest BCUT2D eigenvalue weighted by molar-refractivity contribution is 0.219. The van der Waals surface area contributed by atoms with Crippen LogP contribution in [0.4, 0.5) is 0 Å². The van der Waals surface area contributed by atoms with Crippen molar-refractivity contribution >= 4 is 0 Å². The van der Waals surface area contributed by atoms with Crippen LogP contribution in [0, 0.1) is 0 Å². The molecule has 2 heteroatoms. The summed E-state index contributed by atoms with van der Waals surface area (Å²) in [5.41, 5.74) is 0. The Morgan fingerprint density at radius 2 is 1.82 bits per heavy atom. The number of rotatable bonds is 7. The van der Waals surface area contributed by atoms with Gasteiger partial charge in [0.05, 0.1) is 6.61 Å². The topological polar surface area (TPSA) is 23.5 Å². The number of unbranched alkanes of at least 4 members (excludes halogenated alkanes) is 3. The van der Waals surface area contributed by atoms with E-state index < -0.39 is 0 Å². The molecule has 0 bridgehead atoms. The lowest BCUT2D eigenvalue weighted by atomic mass is 10.2. The molecule has 68 valence electrons. The van der Waals surface area contributed by atoms with Crippen LogP contribution in [0.2, 0.25) is 0 Å². The molecule has 0 aromatic heterocycles. The zero-order valence-corrected chi connectivity index (χ0v) is 7.84. The molecular weight excluding hydrogens is 138 g/mol. The van der Waals surface area contributed by atoms with Gasteiger partial charge in [-0.2, -0.15) is 0 Å². The van der Waals surface area contributed by atoms with E-state index in [9.17, 15) is 0 Å². The molecule has 0 amide bonds. The largest absolute Gasteiger partial charge is 0.395 e. The predicted octanol–water partition coefficient (Wildman–Crippen LogP) is 1.49. The molecule has 2 nitrogen and oxygen atoms in total. The normalized spacial score (nSPS) is 10.9. The van der Waals surface area contributed by atoms with E-state index in [1.165, 1.54) is 25.7 Å². The lowest BCUT2D eigenvalue weighted by Crippen LogP contribution is -2.23. The highest BCUT2D eigenvalue weighted by Gasteiger charge is 1.95. The van der Waals surface area contributed by atoms with Gasteiger partial charge in [-0.25, -0.2) is 0 Å². The highest BCUT2D eigenvalue weighted by atomic mass is 16.3. The van der Waals surface area contributed by atoms with Crippen molar-refractivity contribution in [3.8, 4) is 0 Å². The van der Waals surface area contributed by atoms with Gasteiger partial charge in [0.15, 0.2) is 0 Å². The Bertz CT molecular complexity index is 76.0. The molecule has 0 aliphatic heterocycles. The third-order valence-electron chi connectivity index (χ3n) is 1.88. The monoisotopic (exact) mass is 159 g/mol. The maximum atomic E-state index is 8.60. The fourth-order valence-electron chi connectivity index (χ4n) is 1.09. The molecule has 0 aromatic carbocycles. The maximum absolute atomic E-state index is 8.60. The molecule has 0 aromatic rings. The van der Waals surface area contributed by atoms with Gasteiger partial charge in [-0.15, -0.1) is 0 Å². The van der Waals surface area contributed by atoms with Crippen molar-refractivity contribution in [1.82, 2.24) is 4.90 Å². The minimum atomic E-state index is 0.282. The number of aliphatic hydroxyl groups is 1. The molecular formula is C9H21NO. The van der Waals surface area contributed by atoms with Crippen LogP contribution in [-0.4, -0.2) is 36.8 Å². The summed E-state index contributed by atoms with van der Waals surface area (Å²) in [4.78, 5) is 2.18. The SMILES string of the molecule is CCCCCCN(C)CCO. The molecule has 0 saturated heterocycles. The van der Waals surface area contributed by atoms with E-state index in [1.54, 1.807) is 0 Å². The molecule has 0 radical (unpaired) electrons. The van der Waals surface area contributed by atoms with E-state index in [0.717, 1.165) is 13.1 Å². The van der Waals surface area contributed by atoms with Gasteiger partial charge in [-0.1, -0.05) is 26.2 Å². The Morgan fingerprint density at radius 3 is 2.36 bits per heavy atom. The minimum absolute atomic E-state index is 0.282. The number of nitrogens with zero attached hydrogens (tertiary/aromatic N) is 1. The molecule has 0 saturated carbocycles. The summed E-state index contributed by atoms with van der Waals surface area (Å²) in [7, 11) is 2.06. The van der Waals surface area contributed by atoms with Crippen LogP contribution in [-0.2, 0) is 0 Å². The smallest absolute Gasteiger partial charge is 0.0558 e. The Labute approximate surface area is 70.2 Å². The first-order chi connectivity index (χ1) is 5.31. The summed E-state index contributed by atoms with van der Waals surface area (Å²) < 4.78 is 0. The predicted molar refractivity (Wildman–Crippen MR) is 48.7 cm³/mol. The Morgan fingerprint density at radius 1 is 1.09 bits per heavy atom. The van der Waals surface area contributed by atoms with E-state index in [-0.39, 0.29) is 6.61 Å². The van der Waals surface area contributed by atoms with Crippen LogP contribution < -0.4 is 0 Å². The Balaban J connectivity index is 2.97. The summed E-state index contributed by atoms with van der Waals surface area (Å²) in [6, 6.07) is 0. The van der Waals surface area contributed by atoms with Gasteiger partial charge in [0.1, 0.15) is 0 Å². The summed E-state index contributed by atoms with van der Waals surface area (Å²) in [6.07, 6.45) is 5.23. The van der Waals surface area contributed by atoms with Crippen molar-refractivity contribution in [2.45, 2.75) is 32.6 Å². The summed E-state index contributed by atoms with van der Waals surface area (Å²) >= 11 is 0. The van der Waals surface area contributed by atoms with Gasteiger partial charge in [-0.3, -0.25) is 0 Å². The standard InChI is InChI=1S/C9H21NO/c1-3-4-5-6-7-10(2)8-9-11/h11H,3-9H2,1-2H3. The first kappa shape index (κ1) is 10.9. The minimum Gasteiger partial charge on any atom is -0.395 e. The quantitative estimate of drug-likeness (QED) is 0.569. The van der Waals surface area contributed by atoms with Gasteiger partial charge in [-0.05, 0) is 20.0 Å². The third kappa shape index (κ3) is 7.82. The maximum Gasteiger partial charge on any atom is 0.0558 e. The van der Waals surface area contributed by atoms with Crippen molar-refractivity contribution in [2.75, 3.05) is 26.7 Å². The molecule has 0 aliphatic rings. The van der Waals surface area contributed by atoms with E-state index in [2.05, 4.69) is 18.9 Å². The zero-order valence-electron chi connectivity index (χ0n) is 7.84. The van der Waals surface area contributed by atoms with Crippen LogP contribution in [0.5, 0.6) is 0 Å². The second-order valence-electron chi connectivity index (χ2n) is 3.09. The van der Waals surface area contributed by atoms with Gasteiger partial charge in [0, 0.05) is 6.54 Å². The average Bonchev–Trinajstić information content (AvgIpc) is 1.99. The number of aliphatic hydroxyl groups excluding tert-OH is 1. The fraction of sp³-hybridized carbons (Fsp3) is 1.00. The number of hydrogen-bond donors (Lipinski definition) is 1. The van der Waals surface area contributed by atoms with Crippen LogP contribution >= 0.6 is 0 Å². The van der Waals surface area contributed by atoms with Crippen molar-refractivity contribution in [1.29, 1.82) is 0 Å². The third-order valence-corrected chi connectivity index (χ3v) is 1.88. The van der Waals surface area contributed by atoms with Crippen molar-refractivity contribution in [3.05, 3.63) is 0 Å². The second kappa shape index (κ2) is 8.02. The Kier molecular flexibility index (Phi) is 7.96. The molecule has 0 fully saturated rings. The first-order valence-corrected chi connectivity index (χ1v) is 4.60. The first-order valence-electron chi connectivity index (χ1n) is 4.60. The molecule has 0 unspecified atom stereocenters. The summed E-state index contributed by atoms with van der Waals surface area (Å²) in [5.74, 6) is 0. The second-order valence-corrected chi connectivity index (χ2v) is 3.09. The van der Waals surface area contributed by atoms with Gasteiger partial charge < -0.3 is 10.0 Å². The molecule has 0 rings (SSSR count). The zero-order chi connectivity index (χ0) is 8.53. The number of hydrogen-bond acceptors (Lipinski definition) is 2. The summed E-state index contributed by atoms with van der Waals surface area (Å²) in [6.45, 7) is 4.44. The number of likely N-dealkylation sites (N-methyl/N-ethyl adjacent to an activating group) is 1. The molecule has 0 heterocycles. The van der Waals surface area contributed by atoms with Gasteiger partial charge in [0.2, 0.25) is 0 Å². The average molecular weight is 159 g/mol. The summed E-state index contributed by atoms with van der Waals surface area (Å²) in [5, 5.41) is 8.60. The van der Waals surface area contributed by atoms with Crippen molar-refractivity contribution < 1.29 is 5.11 Å². The molecule has 11 heavy (non-hydrogen) atoms.